The minimum absolute atomic E-state index is 0.0319. The highest BCUT2D eigenvalue weighted by molar-refractivity contribution is 7.15. The number of aromatic carboxylic acids is 1. The Bertz CT molecular complexity index is 2670. The molecule has 6 aromatic heterocycles. The highest BCUT2D eigenvalue weighted by Crippen LogP contribution is 2.26. The Hall–Kier alpha value is -6.84. The molecule has 0 unspecified atom stereocenters. The summed E-state index contributed by atoms with van der Waals surface area (Å²) in [7, 11) is 0. The molecule has 15 heteroatoms. The summed E-state index contributed by atoms with van der Waals surface area (Å²) >= 11 is 2.89. The molecule has 0 spiro atoms. The molecule has 1 amide bonds. The van der Waals surface area contributed by atoms with E-state index in [1.54, 1.807) is 85.7 Å². The normalized spacial score (nSPS) is 10.5. The van der Waals surface area contributed by atoms with Crippen molar-refractivity contribution >= 4 is 66.8 Å². The third-order valence-electron chi connectivity index (χ3n) is 7.39. The maximum absolute atomic E-state index is 12.7. The minimum Gasteiger partial charge on any atom is -0.478 e. The van der Waals surface area contributed by atoms with Crippen LogP contribution in [0, 0.1) is 13.8 Å². The lowest BCUT2D eigenvalue weighted by Crippen LogP contribution is -2.13. The lowest BCUT2D eigenvalue weighted by atomic mass is 10.1. The van der Waals surface area contributed by atoms with Gasteiger partial charge in [0.1, 0.15) is 17.1 Å². The monoisotopic (exact) mass is 744 g/mol. The van der Waals surface area contributed by atoms with Gasteiger partial charge in [-0.3, -0.25) is 29.7 Å². The fraction of sp³-hybridized carbons (Fsp3) is 0.0526. The fourth-order valence-corrected chi connectivity index (χ4v) is 6.17. The first-order valence-electron chi connectivity index (χ1n) is 15.7. The molecule has 2 aromatic carbocycles. The predicted molar refractivity (Wildman–Crippen MR) is 204 cm³/mol. The summed E-state index contributed by atoms with van der Waals surface area (Å²) in [5.74, 6) is -0.806. The molecule has 0 fully saturated rings. The molecule has 264 valence electrons. The van der Waals surface area contributed by atoms with Crippen molar-refractivity contribution in [3.8, 4) is 22.6 Å². The number of hydrogen-bond acceptors (Lipinski definition) is 13. The van der Waals surface area contributed by atoms with E-state index in [2.05, 4.69) is 25.3 Å². The van der Waals surface area contributed by atoms with Crippen LogP contribution in [0.2, 0.25) is 0 Å². The standard InChI is InChI=1S/C19H13N3O3S.C15H9NO4.C4H6N2S/c1-11-10-21-19(26-11)22-18(24)14-4-2-3-13-15(23)9-16(25-17(13)14)12-5-7-20-8-6-12;17-12-8-13(9-4-6-16-7-5-9)20-14-10(12)2-1-3-11(14)15(18)19;1-3-2-6-4(5)7-3/h2-10H,1H3,(H,21,22,24);1-8H,(H,18,19);2H,1H3,(H2,5,6). The quantitative estimate of drug-likeness (QED) is 0.157. The smallest absolute Gasteiger partial charge is 0.339 e. The van der Waals surface area contributed by atoms with Crippen LogP contribution in [-0.4, -0.2) is 36.9 Å². The lowest BCUT2D eigenvalue weighted by molar-refractivity contribution is 0.0697. The zero-order valence-corrected chi connectivity index (χ0v) is 29.6. The van der Waals surface area contributed by atoms with E-state index >= 15 is 0 Å². The number of pyridine rings is 2. The minimum atomic E-state index is -1.13. The summed E-state index contributed by atoms with van der Waals surface area (Å²) < 4.78 is 11.5. The molecule has 0 aliphatic rings. The van der Waals surface area contributed by atoms with Crippen molar-refractivity contribution in [2.75, 3.05) is 11.1 Å². The number of hydrogen-bond donors (Lipinski definition) is 3. The topological polar surface area (TPSA) is 204 Å². The Balaban J connectivity index is 0.000000157. The number of nitrogens with one attached hydrogen (secondary N) is 1. The van der Waals surface area contributed by atoms with Crippen molar-refractivity contribution in [3.05, 3.63) is 151 Å². The molecule has 8 rings (SSSR count). The van der Waals surface area contributed by atoms with Crippen LogP contribution in [0.5, 0.6) is 0 Å². The van der Waals surface area contributed by atoms with Gasteiger partial charge in [-0.2, -0.15) is 0 Å². The third kappa shape index (κ3) is 8.56. The van der Waals surface area contributed by atoms with Crippen LogP contribution in [0.25, 0.3) is 44.6 Å². The van der Waals surface area contributed by atoms with Crippen LogP contribution in [0.1, 0.15) is 30.5 Å². The number of carboxylic acids is 1. The van der Waals surface area contributed by atoms with Crippen LogP contribution in [0.15, 0.2) is 128 Å². The summed E-state index contributed by atoms with van der Waals surface area (Å²) in [5, 5.41) is 13.7. The van der Waals surface area contributed by atoms with E-state index in [0.717, 1.165) is 9.75 Å². The lowest BCUT2D eigenvalue weighted by Gasteiger charge is -2.07. The number of benzene rings is 2. The molecule has 6 heterocycles. The second kappa shape index (κ2) is 16.0. The Kier molecular flexibility index (Phi) is 10.9. The van der Waals surface area contributed by atoms with Crippen molar-refractivity contribution in [3.63, 3.8) is 0 Å². The molecule has 0 saturated heterocycles. The SMILES string of the molecule is Cc1cnc(N)s1.Cc1cnc(NC(=O)c2cccc3c(=O)cc(-c4ccncc4)oc23)s1.O=C(O)c1cccc2c(=O)cc(-c3ccncc3)oc12. The molecule has 0 aliphatic heterocycles. The molecule has 0 saturated carbocycles. The first-order valence-corrected chi connectivity index (χ1v) is 17.3. The Morgan fingerprint density at radius 3 is 1.62 bits per heavy atom. The number of rotatable bonds is 5. The van der Waals surface area contributed by atoms with Crippen LogP contribution < -0.4 is 21.9 Å². The van der Waals surface area contributed by atoms with Crippen LogP contribution in [0.3, 0.4) is 0 Å². The summed E-state index contributed by atoms with van der Waals surface area (Å²) in [5.41, 5.74) is 6.76. The highest BCUT2D eigenvalue weighted by atomic mass is 32.1. The molecular formula is C38H28N6O7S2. The average Bonchev–Trinajstić information content (AvgIpc) is 3.77. The van der Waals surface area contributed by atoms with Gasteiger partial charge < -0.3 is 19.7 Å². The Labute approximate surface area is 308 Å². The summed E-state index contributed by atoms with van der Waals surface area (Å²) in [6.45, 7) is 3.89. The number of carboxylic acid groups (broad SMARTS) is 1. The van der Waals surface area contributed by atoms with Gasteiger partial charge in [0.15, 0.2) is 32.3 Å². The molecular weight excluding hydrogens is 717 g/mol. The number of anilines is 2. The van der Waals surface area contributed by atoms with E-state index in [9.17, 15) is 19.2 Å². The zero-order valence-electron chi connectivity index (χ0n) is 28.0. The van der Waals surface area contributed by atoms with Gasteiger partial charge in [-0.15, -0.1) is 22.7 Å². The van der Waals surface area contributed by atoms with Crippen LogP contribution in [0.4, 0.5) is 10.3 Å². The van der Waals surface area contributed by atoms with Gasteiger partial charge in [0.25, 0.3) is 5.91 Å². The second-order valence-electron chi connectivity index (χ2n) is 11.1. The molecule has 13 nitrogen and oxygen atoms in total. The van der Waals surface area contributed by atoms with Gasteiger partial charge in [-0.1, -0.05) is 12.1 Å². The van der Waals surface area contributed by atoms with E-state index in [1.807, 2.05) is 13.8 Å². The van der Waals surface area contributed by atoms with Gasteiger partial charge in [-0.25, -0.2) is 14.8 Å². The van der Waals surface area contributed by atoms with Crippen molar-refractivity contribution < 1.29 is 23.5 Å². The van der Waals surface area contributed by atoms with Crippen molar-refractivity contribution in [2.24, 2.45) is 0 Å². The third-order valence-corrected chi connectivity index (χ3v) is 8.97. The van der Waals surface area contributed by atoms with E-state index in [4.69, 9.17) is 19.7 Å². The van der Waals surface area contributed by atoms with Gasteiger partial charge in [0.05, 0.1) is 16.3 Å². The maximum Gasteiger partial charge on any atom is 0.339 e. The molecule has 0 radical (unpaired) electrons. The number of para-hydroxylation sites is 2. The zero-order chi connectivity index (χ0) is 37.5. The van der Waals surface area contributed by atoms with Crippen molar-refractivity contribution in [1.82, 2.24) is 19.9 Å². The summed E-state index contributed by atoms with van der Waals surface area (Å²) in [6.07, 6.45) is 9.82. The summed E-state index contributed by atoms with van der Waals surface area (Å²) in [6, 6.07) is 19.0. The summed E-state index contributed by atoms with van der Waals surface area (Å²) in [4.78, 5) is 66.4. The number of aryl methyl sites for hydroxylation is 2. The predicted octanol–water partition coefficient (Wildman–Crippen LogP) is 7.46. The van der Waals surface area contributed by atoms with Gasteiger partial charge in [0, 0.05) is 70.2 Å². The number of nitrogens with two attached hydrogens (primary N) is 1. The number of aromatic nitrogens is 4. The van der Waals surface area contributed by atoms with Gasteiger partial charge in [0.2, 0.25) is 0 Å². The number of carbonyl (C=O) groups excluding carboxylic acids is 1. The van der Waals surface area contributed by atoms with E-state index in [0.29, 0.717) is 38.3 Å². The first kappa shape index (κ1) is 36.0. The number of carbonyl (C=O) groups is 2. The molecule has 0 atom stereocenters. The maximum atomic E-state index is 12.7. The van der Waals surface area contributed by atoms with Gasteiger partial charge >= 0.3 is 5.97 Å². The van der Waals surface area contributed by atoms with E-state index < -0.39 is 5.97 Å². The molecule has 8 aromatic rings. The fourth-order valence-electron chi connectivity index (χ4n) is 4.97. The molecule has 0 bridgehead atoms. The van der Waals surface area contributed by atoms with Crippen LogP contribution in [-0.2, 0) is 0 Å². The van der Waals surface area contributed by atoms with Crippen LogP contribution >= 0.6 is 22.7 Å². The number of thiazole rings is 2. The van der Waals surface area contributed by atoms with Gasteiger partial charge in [-0.05, 0) is 62.4 Å². The molecule has 0 aliphatic carbocycles. The molecule has 53 heavy (non-hydrogen) atoms. The molecule has 4 N–H and O–H groups in total. The van der Waals surface area contributed by atoms with E-state index in [-0.39, 0.29) is 44.4 Å². The highest BCUT2D eigenvalue weighted by Gasteiger charge is 2.17. The first-order chi connectivity index (χ1) is 25.6. The van der Waals surface area contributed by atoms with Crippen molar-refractivity contribution in [1.29, 1.82) is 0 Å². The Morgan fingerprint density at radius 2 is 1.19 bits per heavy atom. The number of nitrogens with zero attached hydrogens (tertiary/aromatic N) is 4. The largest absolute Gasteiger partial charge is 0.478 e. The Morgan fingerprint density at radius 1 is 0.698 bits per heavy atom. The van der Waals surface area contributed by atoms with E-state index in [1.165, 1.54) is 46.9 Å². The van der Waals surface area contributed by atoms with Crippen molar-refractivity contribution in [2.45, 2.75) is 13.8 Å². The number of nitrogen functional groups attached to an aromatic ring is 1. The number of fused-ring (bicyclic) bond motifs is 2. The second-order valence-corrected chi connectivity index (χ2v) is 13.6. The average molecular weight is 745 g/mol. The number of amides is 1.